The second kappa shape index (κ2) is 8.55. The molecule has 0 radical (unpaired) electrons. The van der Waals surface area contributed by atoms with Crippen molar-refractivity contribution < 1.29 is 14.5 Å². The summed E-state index contributed by atoms with van der Waals surface area (Å²) in [6.07, 6.45) is 3.43. The molecule has 1 aromatic carbocycles. The lowest BCUT2D eigenvalue weighted by molar-refractivity contribution is -0.385. The van der Waals surface area contributed by atoms with E-state index in [9.17, 15) is 14.9 Å². The molecule has 1 aliphatic rings. The Morgan fingerprint density at radius 3 is 2.91 bits per heavy atom. The van der Waals surface area contributed by atoms with Gasteiger partial charge in [0.2, 0.25) is 5.91 Å². The van der Waals surface area contributed by atoms with E-state index in [1.165, 1.54) is 19.2 Å². The first-order valence-corrected chi connectivity index (χ1v) is 6.96. The van der Waals surface area contributed by atoms with E-state index < -0.39 is 4.92 Å². The van der Waals surface area contributed by atoms with Crippen LogP contribution < -0.4 is 15.4 Å². The fourth-order valence-corrected chi connectivity index (χ4v) is 2.44. The number of hydrogen-bond acceptors (Lipinski definition) is 5. The van der Waals surface area contributed by atoms with Crippen molar-refractivity contribution in [2.75, 3.05) is 19.0 Å². The Kier molecular flexibility index (Phi) is 7.07. The molecule has 22 heavy (non-hydrogen) atoms. The van der Waals surface area contributed by atoms with Gasteiger partial charge in [-0.3, -0.25) is 14.9 Å². The second-order valence-electron chi connectivity index (χ2n) is 5.02. The van der Waals surface area contributed by atoms with E-state index in [1.807, 2.05) is 0 Å². The number of anilines is 1. The van der Waals surface area contributed by atoms with Crippen LogP contribution in [0.2, 0.25) is 0 Å². The molecule has 1 unspecified atom stereocenters. The molecule has 1 aromatic rings. The van der Waals surface area contributed by atoms with E-state index in [0.29, 0.717) is 18.2 Å². The molecule has 1 atom stereocenters. The first-order chi connectivity index (χ1) is 10.1. The summed E-state index contributed by atoms with van der Waals surface area (Å²) in [5.74, 6) is 0.0383. The Morgan fingerprint density at radius 2 is 2.32 bits per heavy atom. The van der Waals surface area contributed by atoms with Crippen molar-refractivity contribution in [1.29, 1.82) is 0 Å². The Balaban J connectivity index is 0.00000242. The number of nitrogens with one attached hydrogen (secondary N) is 2. The lowest BCUT2D eigenvalue weighted by Crippen LogP contribution is -2.23. The Bertz CT molecular complexity index is 533. The van der Waals surface area contributed by atoms with Crippen LogP contribution in [0, 0.1) is 10.1 Å². The van der Waals surface area contributed by atoms with Gasteiger partial charge in [0.05, 0.1) is 12.0 Å². The fourth-order valence-electron chi connectivity index (χ4n) is 2.44. The van der Waals surface area contributed by atoms with Gasteiger partial charge >= 0.3 is 5.69 Å². The molecule has 0 saturated carbocycles. The lowest BCUT2D eigenvalue weighted by atomic mass is 10.1. The maximum atomic E-state index is 11.9. The molecule has 0 spiro atoms. The van der Waals surface area contributed by atoms with E-state index in [-0.39, 0.29) is 29.8 Å². The van der Waals surface area contributed by atoms with E-state index >= 15 is 0 Å². The van der Waals surface area contributed by atoms with Crippen molar-refractivity contribution in [3.63, 3.8) is 0 Å². The quantitative estimate of drug-likeness (QED) is 0.617. The average Bonchev–Trinajstić information content (AvgIpc) is 2.98. The minimum absolute atomic E-state index is 0. The lowest BCUT2D eigenvalue weighted by Gasteiger charge is -2.10. The molecule has 1 fully saturated rings. The van der Waals surface area contributed by atoms with Crippen LogP contribution in [0.4, 0.5) is 11.4 Å². The molecular weight excluding hydrogens is 310 g/mol. The number of nitro groups is 1. The summed E-state index contributed by atoms with van der Waals surface area (Å²) in [4.78, 5) is 22.3. The highest BCUT2D eigenvalue weighted by Gasteiger charge is 2.18. The van der Waals surface area contributed by atoms with Gasteiger partial charge in [0.1, 0.15) is 0 Å². The topological polar surface area (TPSA) is 93.5 Å². The number of carbonyl (C=O) groups is 1. The van der Waals surface area contributed by atoms with Gasteiger partial charge < -0.3 is 15.4 Å². The number of nitrogens with zero attached hydrogens (tertiary/aromatic N) is 1. The highest BCUT2D eigenvalue weighted by Crippen LogP contribution is 2.29. The number of amides is 1. The van der Waals surface area contributed by atoms with Crippen LogP contribution in [0.15, 0.2) is 18.2 Å². The molecular formula is C14H20ClN3O4. The van der Waals surface area contributed by atoms with Crippen LogP contribution in [0.5, 0.6) is 5.75 Å². The predicted octanol–water partition coefficient (Wildman–Crippen LogP) is 2.50. The Morgan fingerprint density at radius 1 is 1.55 bits per heavy atom. The number of ether oxygens (including phenoxy) is 1. The number of benzene rings is 1. The molecule has 0 aliphatic carbocycles. The SMILES string of the molecule is COc1ccc(NC(=O)CCC2CCCN2)cc1[N+](=O)[O-].Cl. The van der Waals surface area contributed by atoms with Crippen molar-refractivity contribution in [2.45, 2.75) is 31.7 Å². The van der Waals surface area contributed by atoms with Gasteiger partial charge in [-0.1, -0.05) is 0 Å². The standard InChI is InChI=1S/C14H19N3O4.ClH/c1-21-13-6-4-11(9-12(13)17(19)20)16-14(18)7-5-10-3-2-8-15-10;/h4,6,9-10,15H,2-3,5,7-8H2,1H3,(H,16,18);1H. The third-order valence-corrected chi connectivity index (χ3v) is 3.54. The zero-order valence-corrected chi connectivity index (χ0v) is 13.1. The molecule has 8 heteroatoms. The molecule has 2 N–H and O–H groups in total. The van der Waals surface area contributed by atoms with Gasteiger partial charge in [0, 0.05) is 24.2 Å². The molecule has 122 valence electrons. The van der Waals surface area contributed by atoms with Gasteiger partial charge in [-0.2, -0.15) is 0 Å². The number of hydrogen-bond donors (Lipinski definition) is 2. The molecule has 1 aliphatic heterocycles. The van der Waals surface area contributed by atoms with Crippen LogP contribution >= 0.6 is 12.4 Å². The molecule has 2 rings (SSSR count). The molecule has 7 nitrogen and oxygen atoms in total. The highest BCUT2D eigenvalue weighted by molar-refractivity contribution is 5.91. The summed E-state index contributed by atoms with van der Waals surface area (Å²) < 4.78 is 4.92. The monoisotopic (exact) mass is 329 g/mol. The van der Waals surface area contributed by atoms with E-state index in [0.717, 1.165) is 25.8 Å². The summed E-state index contributed by atoms with van der Waals surface area (Å²) >= 11 is 0. The summed E-state index contributed by atoms with van der Waals surface area (Å²) in [5.41, 5.74) is 0.250. The van der Waals surface area contributed by atoms with E-state index in [2.05, 4.69) is 10.6 Å². The van der Waals surface area contributed by atoms with Gasteiger partial charge in [-0.25, -0.2) is 0 Å². The highest BCUT2D eigenvalue weighted by atomic mass is 35.5. The van der Waals surface area contributed by atoms with Crippen molar-refractivity contribution in [1.82, 2.24) is 5.32 Å². The normalized spacial score (nSPS) is 16.7. The smallest absolute Gasteiger partial charge is 0.312 e. The Hall–Kier alpha value is -1.86. The summed E-state index contributed by atoms with van der Waals surface area (Å²) in [6, 6.07) is 4.79. The van der Waals surface area contributed by atoms with Crippen LogP contribution in [0.1, 0.15) is 25.7 Å². The second-order valence-corrected chi connectivity index (χ2v) is 5.02. The first kappa shape index (κ1) is 18.2. The number of rotatable bonds is 6. The van der Waals surface area contributed by atoms with E-state index in [1.54, 1.807) is 6.07 Å². The summed E-state index contributed by atoms with van der Waals surface area (Å²) in [7, 11) is 1.37. The van der Waals surface area contributed by atoms with Crippen LogP contribution in [-0.4, -0.2) is 30.5 Å². The number of carbonyl (C=O) groups excluding carboxylic acids is 1. The summed E-state index contributed by atoms with van der Waals surface area (Å²) in [5, 5.41) is 16.9. The van der Waals surface area contributed by atoms with E-state index in [4.69, 9.17) is 4.74 Å². The molecule has 0 bridgehead atoms. The minimum Gasteiger partial charge on any atom is -0.490 e. The third kappa shape index (κ3) is 4.85. The number of halogens is 1. The van der Waals surface area contributed by atoms with Gasteiger partial charge in [0.25, 0.3) is 0 Å². The first-order valence-electron chi connectivity index (χ1n) is 6.96. The fraction of sp³-hybridized carbons (Fsp3) is 0.500. The van der Waals surface area contributed by atoms with Crippen molar-refractivity contribution in [2.24, 2.45) is 0 Å². The van der Waals surface area contributed by atoms with Crippen LogP contribution in [-0.2, 0) is 4.79 Å². The molecule has 1 heterocycles. The zero-order valence-electron chi connectivity index (χ0n) is 12.3. The number of nitro benzene ring substituents is 1. The largest absolute Gasteiger partial charge is 0.490 e. The van der Waals surface area contributed by atoms with Crippen molar-refractivity contribution >= 4 is 29.7 Å². The van der Waals surface area contributed by atoms with Gasteiger partial charge in [-0.05, 0) is 37.9 Å². The Labute approximate surface area is 135 Å². The van der Waals surface area contributed by atoms with Crippen LogP contribution in [0.25, 0.3) is 0 Å². The average molecular weight is 330 g/mol. The predicted molar refractivity (Wildman–Crippen MR) is 85.8 cm³/mol. The molecule has 1 amide bonds. The number of methoxy groups -OCH3 is 1. The van der Waals surface area contributed by atoms with Crippen molar-refractivity contribution in [3.8, 4) is 5.75 Å². The molecule has 0 aromatic heterocycles. The van der Waals surface area contributed by atoms with Crippen LogP contribution in [0.3, 0.4) is 0 Å². The minimum atomic E-state index is -0.531. The maximum Gasteiger partial charge on any atom is 0.312 e. The third-order valence-electron chi connectivity index (χ3n) is 3.54. The summed E-state index contributed by atoms with van der Waals surface area (Å²) in [6.45, 7) is 1.01. The molecule has 1 saturated heterocycles. The zero-order chi connectivity index (χ0) is 15.2. The van der Waals surface area contributed by atoms with Gasteiger partial charge in [-0.15, -0.1) is 12.4 Å². The van der Waals surface area contributed by atoms with Gasteiger partial charge in [0.15, 0.2) is 5.75 Å². The maximum absolute atomic E-state index is 11.9. The van der Waals surface area contributed by atoms with Crippen molar-refractivity contribution in [3.05, 3.63) is 28.3 Å².